The Hall–Kier alpha value is -0.410. The highest BCUT2D eigenvalue weighted by Gasteiger charge is 2.11. The van der Waals surface area contributed by atoms with E-state index in [2.05, 4.69) is 0 Å². The zero-order valence-electron chi connectivity index (χ0n) is 5.38. The summed E-state index contributed by atoms with van der Waals surface area (Å²) in [7, 11) is 0. The summed E-state index contributed by atoms with van der Waals surface area (Å²) in [6.07, 6.45) is 0. The summed E-state index contributed by atoms with van der Waals surface area (Å²) in [5.74, 6) is -0.560. The smallest absolute Gasteiger partial charge is 0.154 e. The molecule has 0 aromatic rings. The van der Waals surface area contributed by atoms with Gasteiger partial charge in [0, 0.05) is 0 Å². The highest BCUT2D eigenvalue weighted by molar-refractivity contribution is 6.03. The van der Waals surface area contributed by atoms with Crippen LogP contribution in [0.2, 0.25) is 0 Å². The van der Waals surface area contributed by atoms with Crippen LogP contribution in [0.5, 0.6) is 0 Å². The number of hydrogen-bond acceptors (Lipinski definition) is 3. The van der Waals surface area contributed by atoms with Crippen molar-refractivity contribution in [2.24, 2.45) is 5.73 Å². The third-order valence-corrected chi connectivity index (χ3v) is 0.876. The van der Waals surface area contributed by atoms with Crippen molar-refractivity contribution in [1.82, 2.24) is 0 Å². The summed E-state index contributed by atoms with van der Waals surface area (Å²) in [5.41, 5.74) is 5.06. The number of halogens is 1. The summed E-state index contributed by atoms with van der Waals surface area (Å²) >= 11 is 0. The quantitative estimate of drug-likeness (QED) is 0.562. The zero-order chi connectivity index (χ0) is 6.73. The lowest BCUT2D eigenvalue weighted by Gasteiger charge is -1.98. The molecule has 0 atom stereocenters. The molecule has 0 spiro atoms. The standard InChI is InChI=1S/C5H9NO2.ClH/c1-3(7)5(6)4(2)8;/h5H,6H2,1-2H3;1H. The molecular formula is C5H10ClNO2. The van der Waals surface area contributed by atoms with Crippen molar-refractivity contribution in [3.05, 3.63) is 0 Å². The van der Waals surface area contributed by atoms with Gasteiger partial charge >= 0.3 is 0 Å². The molecule has 3 nitrogen and oxygen atoms in total. The van der Waals surface area contributed by atoms with Gasteiger partial charge in [-0.1, -0.05) is 0 Å². The highest BCUT2D eigenvalue weighted by Crippen LogP contribution is 1.80. The van der Waals surface area contributed by atoms with Crippen LogP contribution >= 0.6 is 12.4 Å². The molecule has 0 radical (unpaired) electrons. The van der Waals surface area contributed by atoms with Crippen LogP contribution in [0.4, 0.5) is 0 Å². The van der Waals surface area contributed by atoms with Crippen LogP contribution in [0.25, 0.3) is 0 Å². The van der Waals surface area contributed by atoms with Crippen molar-refractivity contribution in [1.29, 1.82) is 0 Å². The summed E-state index contributed by atoms with van der Waals surface area (Å²) in [4.78, 5) is 20.5. The minimum Gasteiger partial charge on any atom is -0.315 e. The predicted molar refractivity (Wildman–Crippen MR) is 36.6 cm³/mol. The van der Waals surface area contributed by atoms with E-state index < -0.39 is 6.04 Å². The van der Waals surface area contributed by atoms with Crippen LogP contribution in [0.1, 0.15) is 13.8 Å². The molecule has 0 rings (SSSR count). The third-order valence-electron chi connectivity index (χ3n) is 0.876. The van der Waals surface area contributed by atoms with Crippen LogP contribution in [0.3, 0.4) is 0 Å². The molecule has 0 unspecified atom stereocenters. The Morgan fingerprint density at radius 1 is 1.22 bits per heavy atom. The van der Waals surface area contributed by atoms with E-state index in [-0.39, 0.29) is 24.0 Å². The fourth-order valence-corrected chi connectivity index (χ4v) is 0.286. The van der Waals surface area contributed by atoms with Crippen molar-refractivity contribution in [3.63, 3.8) is 0 Å². The SMILES string of the molecule is CC(=O)C(N)C(C)=O.Cl. The Balaban J connectivity index is 0. The maximum atomic E-state index is 10.2. The molecule has 0 saturated heterocycles. The lowest BCUT2D eigenvalue weighted by molar-refractivity contribution is -0.126. The molecule has 0 saturated carbocycles. The van der Waals surface area contributed by atoms with E-state index in [0.29, 0.717) is 0 Å². The Bertz CT molecular complexity index is 110. The average Bonchev–Trinajstić information content (AvgIpc) is 1.64. The maximum Gasteiger partial charge on any atom is 0.154 e. The molecule has 2 N–H and O–H groups in total. The largest absolute Gasteiger partial charge is 0.315 e. The van der Waals surface area contributed by atoms with Gasteiger partial charge in [-0.15, -0.1) is 12.4 Å². The molecule has 0 aliphatic rings. The van der Waals surface area contributed by atoms with E-state index in [0.717, 1.165) is 0 Å². The van der Waals surface area contributed by atoms with E-state index in [1.165, 1.54) is 13.8 Å². The second-order valence-electron chi connectivity index (χ2n) is 1.70. The van der Waals surface area contributed by atoms with E-state index in [9.17, 15) is 9.59 Å². The normalized spacial score (nSPS) is 8.44. The number of nitrogens with two attached hydrogens (primary N) is 1. The van der Waals surface area contributed by atoms with Gasteiger partial charge in [-0.25, -0.2) is 0 Å². The van der Waals surface area contributed by atoms with E-state index in [4.69, 9.17) is 5.73 Å². The summed E-state index contributed by atoms with van der Waals surface area (Å²) in [5, 5.41) is 0. The van der Waals surface area contributed by atoms with Gasteiger partial charge in [-0.2, -0.15) is 0 Å². The van der Waals surface area contributed by atoms with Crippen LogP contribution in [0.15, 0.2) is 0 Å². The van der Waals surface area contributed by atoms with Gasteiger partial charge < -0.3 is 5.73 Å². The number of rotatable bonds is 2. The number of hydrogen-bond donors (Lipinski definition) is 1. The molecule has 0 aromatic carbocycles. The van der Waals surface area contributed by atoms with Gasteiger partial charge in [-0.05, 0) is 13.8 Å². The minimum absolute atomic E-state index is 0. The van der Waals surface area contributed by atoms with Crippen molar-refractivity contribution < 1.29 is 9.59 Å². The van der Waals surface area contributed by atoms with Crippen LogP contribution in [-0.4, -0.2) is 17.6 Å². The monoisotopic (exact) mass is 151 g/mol. The molecule has 9 heavy (non-hydrogen) atoms. The van der Waals surface area contributed by atoms with Gasteiger partial charge in [-0.3, -0.25) is 9.59 Å². The lowest BCUT2D eigenvalue weighted by atomic mass is 10.1. The van der Waals surface area contributed by atoms with Gasteiger partial charge in [0.25, 0.3) is 0 Å². The zero-order valence-corrected chi connectivity index (χ0v) is 6.20. The van der Waals surface area contributed by atoms with Crippen molar-refractivity contribution in [2.45, 2.75) is 19.9 Å². The molecule has 0 fully saturated rings. The average molecular weight is 152 g/mol. The van der Waals surface area contributed by atoms with Gasteiger partial charge in [0.15, 0.2) is 11.6 Å². The Labute approximate surface area is 60.0 Å². The predicted octanol–water partition coefficient (Wildman–Crippen LogP) is -0.0865. The van der Waals surface area contributed by atoms with Crippen LogP contribution in [-0.2, 0) is 9.59 Å². The molecule has 4 heteroatoms. The first-order valence-electron chi connectivity index (χ1n) is 2.32. The maximum absolute atomic E-state index is 10.2. The first kappa shape index (κ1) is 11.4. The number of ketones is 2. The molecular weight excluding hydrogens is 142 g/mol. The van der Waals surface area contributed by atoms with Crippen molar-refractivity contribution in [2.75, 3.05) is 0 Å². The first-order valence-corrected chi connectivity index (χ1v) is 2.32. The van der Waals surface area contributed by atoms with E-state index in [1.807, 2.05) is 0 Å². The van der Waals surface area contributed by atoms with Crippen LogP contribution in [0, 0.1) is 0 Å². The number of carbonyl (C=O) groups excluding carboxylic acids is 2. The molecule has 0 aliphatic carbocycles. The fourth-order valence-electron chi connectivity index (χ4n) is 0.286. The van der Waals surface area contributed by atoms with Gasteiger partial charge in [0.2, 0.25) is 0 Å². The Kier molecular flexibility index (Phi) is 5.66. The molecule has 0 heterocycles. The van der Waals surface area contributed by atoms with Crippen LogP contribution < -0.4 is 5.73 Å². The van der Waals surface area contributed by atoms with Crippen molar-refractivity contribution >= 4 is 24.0 Å². The fraction of sp³-hybridized carbons (Fsp3) is 0.600. The molecule has 54 valence electrons. The van der Waals surface area contributed by atoms with Gasteiger partial charge in [0.05, 0.1) is 0 Å². The number of carbonyl (C=O) groups is 2. The Morgan fingerprint density at radius 2 is 1.44 bits per heavy atom. The van der Waals surface area contributed by atoms with E-state index >= 15 is 0 Å². The second-order valence-corrected chi connectivity index (χ2v) is 1.70. The number of Topliss-reactive ketones (excluding diaryl/α,β-unsaturated/α-hetero) is 2. The topological polar surface area (TPSA) is 60.2 Å². The Morgan fingerprint density at radius 3 is 1.44 bits per heavy atom. The molecule has 0 aromatic heterocycles. The highest BCUT2D eigenvalue weighted by atomic mass is 35.5. The second kappa shape index (κ2) is 4.47. The van der Waals surface area contributed by atoms with Gasteiger partial charge in [0.1, 0.15) is 6.04 Å². The summed E-state index contributed by atoms with van der Waals surface area (Å²) < 4.78 is 0. The minimum atomic E-state index is -0.907. The summed E-state index contributed by atoms with van der Waals surface area (Å²) in [6.45, 7) is 2.60. The first-order chi connectivity index (χ1) is 3.55. The molecule has 0 aliphatic heterocycles. The van der Waals surface area contributed by atoms with E-state index in [1.54, 1.807) is 0 Å². The summed E-state index contributed by atoms with van der Waals surface area (Å²) in [6, 6.07) is -0.907. The lowest BCUT2D eigenvalue weighted by Crippen LogP contribution is -2.35. The van der Waals surface area contributed by atoms with Crippen molar-refractivity contribution in [3.8, 4) is 0 Å². The molecule has 0 amide bonds. The third kappa shape index (κ3) is 4.12. The molecule has 0 bridgehead atoms.